The molecule has 0 aliphatic carbocycles. The van der Waals surface area contributed by atoms with Gasteiger partial charge in [-0.05, 0) is 43.0 Å². The van der Waals surface area contributed by atoms with E-state index in [0.717, 1.165) is 15.6 Å². The second kappa shape index (κ2) is 2.56. The fourth-order valence-corrected chi connectivity index (χ4v) is 2.24. The van der Waals surface area contributed by atoms with E-state index in [9.17, 15) is 4.39 Å². The Balaban J connectivity index is 2.83. The van der Waals surface area contributed by atoms with Gasteiger partial charge in [0.25, 0.3) is 0 Å². The van der Waals surface area contributed by atoms with Crippen molar-refractivity contribution in [1.82, 2.24) is 0 Å². The van der Waals surface area contributed by atoms with E-state index in [0.29, 0.717) is 0 Å². The van der Waals surface area contributed by atoms with Gasteiger partial charge in [0.2, 0.25) is 0 Å². The molecule has 62 valence electrons. The standard InChI is InChI=1S/C10H9FS/c1-6-3-8-4-7(2)12-10(8)5-9(6)11/h3-5H,1-2H3. The van der Waals surface area contributed by atoms with E-state index in [1.165, 1.54) is 4.88 Å². The predicted molar refractivity (Wildman–Crippen MR) is 51.3 cm³/mol. The smallest absolute Gasteiger partial charge is 0.127 e. The monoisotopic (exact) mass is 180 g/mol. The Hall–Kier alpha value is -0.890. The van der Waals surface area contributed by atoms with Gasteiger partial charge in [0.1, 0.15) is 5.82 Å². The van der Waals surface area contributed by atoms with Gasteiger partial charge >= 0.3 is 0 Å². The first kappa shape index (κ1) is 7.74. The van der Waals surface area contributed by atoms with E-state index in [1.807, 2.05) is 13.0 Å². The van der Waals surface area contributed by atoms with Crippen LogP contribution in [0.4, 0.5) is 4.39 Å². The molecule has 1 heterocycles. The zero-order valence-electron chi connectivity index (χ0n) is 7.02. The largest absolute Gasteiger partial charge is 0.207 e. The van der Waals surface area contributed by atoms with Crippen LogP contribution < -0.4 is 0 Å². The first-order valence-electron chi connectivity index (χ1n) is 3.83. The molecule has 0 atom stereocenters. The number of fused-ring (bicyclic) bond motifs is 1. The fourth-order valence-electron chi connectivity index (χ4n) is 1.31. The van der Waals surface area contributed by atoms with Crippen molar-refractivity contribution in [3.63, 3.8) is 0 Å². The van der Waals surface area contributed by atoms with Crippen LogP contribution in [0.25, 0.3) is 10.1 Å². The normalized spacial score (nSPS) is 10.9. The quantitative estimate of drug-likeness (QED) is 0.580. The molecule has 12 heavy (non-hydrogen) atoms. The summed E-state index contributed by atoms with van der Waals surface area (Å²) in [7, 11) is 0. The van der Waals surface area contributed by atoms with Crippen molar-refractivity contribution in [2.24, 2.45) is 0 Å². The third-order valence-electron chi connectivity index (χ3n) is 1.92. The molecule has 0 nitrogen and oxygen atoms in total. The lowest BCUT2D eigenvalue weighted by molar-refractivity contribution is 0.621. The summed E-state index contributed by atoms with van der Waals surface area (Å²) in [5.41, 5.74) is 0.723. The molecule has 2 aromatic rings. The summed E-state index contributed by atoms with van der Waals surface area (Å²) in [6.45, 7) is 3.83. The molecule has 0 aliphatic heterocycles. The number of thiophene rings is 1. The minimum atomic E-state index is -0.107. The molecule has 0 unspecified atom stereocenters. The van der Waals surface area contributed by atoms with Gasteiger partial charge in [-0.2, -0.15) is 0 Å². The van der Waals surface area contributed by atoms with Crippen LogP contribution >= 0.6 is 11.3 Å². The van der Waals surface area contributed by atoms with Gasteiger partial charge in [-0.15, -0.1) is 11.3 Å². The summed E-state index contributed by atoms with van der Waals surface area (Å²) in [6.07, 6.45) is 0. The molecular formula is C10H9FS. The van der Waals surface area contributed by atoms with Crippen LogP contribution in [0.1, 0.15) is 10.4 Å². The number of rotatable bonds is 0. The van der Waals surface area contributed by atoms with Crippen LogP contribution in [0, 0.1) is 19.7 Å². The van der Waals surface area contributed by atoms with Gasteiger partial charge in [0, 0.05) is 9.58 Å². The van der Waals surface area contributed by atoms with Crippen LogP contribution in [0.5, 0.6) is 0 Å². The average molecular weight is 180 g/mol. The van der Waals surface area contributed by atoms with Crippen molar-refractivity contribution in [1.29, 1.82) is 0 Å². The SMILES string of the molecule is Cc1cc2cc(C)c(F)cc2s1. The van der Waals surface area contributed by atoms with Crippen molar-refractivity contribution in [2.75, 3.05) is 0 Å². The average Bonchev–Trinajstić information content (AvgIpc) is 2.30. The molecule has 0 amide bonds. The Kier molecular flexibility index (Phi) is 1.65. The van der Waals surface area contributed by atoms with E-state index in [4.69, 9.17) is 0 Å². The molecule has 0 N–H and O–H groups in total. The minimum Gasteiger partial charge on any atom is -0.207 e. The van der Waals surface area contributed by atoms with Gasteiger partial charge in [0.05, 0.1) is 0 Å². The Bertz CT molecular complexity index is 390. The second-order valence-electron chi connectivity index (χ2n) is 3.00. The molecule has 0 fully saturated rings. The zero-order chi connectivity index (χ0) is 8.72. The maximum absolute atomic E-state index is 13.1. The van der Waals surface area contributed by atoms with E-state index in [1.54, 1.807) is 24.3 Å². The first-order valence-corrected chi connectivity index (χ1v) is 4.65. The van der Waals surface area contributed by atoms with Gasteiger partial charge in [-0.3, -0.25) is 0 Å². The Morgan fingerprint density at radius 3 is 2.67 bits per heavy atom. The number of hydrogen-bond acceptors (Lipinski definition) is 1. The lowest BCUT2D eigenvalue weighted by Gasteiger charge is -1.94. The first-order chi connectivity index (χ1) is 5.66. The number of benzene rings is 1. The van der Waals surface area contributed by atoms with Gasteiger partial charge < -0.3 is 0 Å². The molecular weight excluding hydrogens is 171 g/mol. The molecule has 0 bridgehead atoms. The summed E-state index contributed by atoms with van der Waals surface area (Å²) in [4.78, 5) is 1.23. The van der Waals surface area contributed by atoms with Crippen molar-refractivity contribution >= 4 is 21.4 Å². The molecule has 1 aromatic carbocycles. The van der Waals surface area contributed by atoms with Crippen LogP contribution in [0.15, 0.2) is 18.2 Å². The Labute approximate surface area is 74.6 Å². The molecule has 2 rings (SSSR count). The minimum absolute atomic E-state index is 0.107. The van der Waals surface area contributed by atoms with Crippen molar-refractivity contribution in [3.8, 4) is 0 Å². The maximum Gasteiger partial charge on any atom is 0.127 e. The lowest BCUT2D eigenvalue weighted by atomic mass is 10.2. The molecule has 2 heteroatoms. The van der Waals surface area contributed by atoms with Crippen molar-refractivity contribution in [3.05, 3.63) is 34.5 Å². The van der Waals surface area contributed by atoms with Gasteiger partial charge in [-0.1, -0.05) is 0 Å². The molecule has 0 radical (unpaired) electrons. The Morgan fingerprint density at radius 2 is 1.92 bits per heavy atom. The summed E-state index contributed by atoms with van der Waals surface area (Å²) in [6, 6.07) is 5.60. The fraction of sp³-hybridized carbons (Fsp3) is 0.200. The van der Waals surface area contributed by atoms with E-state index < -0.39 is 0 Å². The third-order valence-corrected chi connectivity index (χ3v) is 2.93. The van der Waals surface area contributed by atoms with Crippen LogP contribution in [-0.4, -0.2) is 0 Å². The molecule has 0 saturated carbocycles. The summed E-state index contributed by atoms with van der Waals surface area (Å²) >= 11 is 1.63. The molecule has 0 aliphatic rings. The number of hydrogen-bond donors (Lipinski definition) is 0. The maximum atomic E-state index is 13.1. The highest BCUT2D eigenvalue weighted by atomic mass is 32.1. The van der Waals surface area contributed by atoms with Crippen LogP contribution in [0.3, 0.4) is 0 Å². The molecule has 0 saturated heterocycles. The highest BCUT2D eigenvalue weighted by Crippen LogP contribution is 2.27. The molecule has 1 aromatic heterocycles. The summed E-state index contributed by atoms with van der Waals surface area (Å²) in [5, 5.41) is 1.15. The third kappa shape index (κ3) is 1.12. The van der Waals surface area contributed by atoms with E-state index in [-0.39, 0.29) is 5.82 Å². The lowest BCUT2D eigenvalue weighted by Crippen LogP contribution is -1.78. The van der Waals surface area contributed by atoms with Gasteiger partial charge in [0.15, 0.2) is 0 Å². The highest BCUT2D eigenvalue weighted by molar-refractivity contribution is 7.19. The summed E-state index contributed by atoms with van der Waals surface area (Å²) < 4.78 is 14.1. The van der Waals surface area contributed by atoms with Crippen LogP contribution in [0.2, 0.25) is 0 Å². The second-order valence-corrected chi connectivity index (χ2v) is 4.28. The predicted octanol–water partition coefficient (Wildman–Crippen LogP) is 3.66. The van der Waals surface area contributed by atoms with E-state index in [2.05, 4.69) is 6.07 Å². The zero-order valence-corrected chi connectivity index (χ0v) is 7.83. The Morgan fingerprint density at radius 1 is 1.17 bits per heavy atom. The number of aryl methyl sites for hydroxylation is 2. The van der Waals surface area contributed by atoms with Crippen molar-refractivity contribution in [2.45, 2.75) is 13.8 Å². The van der Waals surface area contributed by atoms with Crippen LogP contribution in [-0.2, 0) is 0 Å². The van der Waals surface area contributed by atoms with E-state index >= 15 is 0 Å². The van der Waals surface area contributed by atoms with Crippen molar-refractivity contribution < 1.29 is 4.39 Å². The number of halogens is 1. The molecule has 0 spiro atoms. The highest BCUT2D eigenvalue weighted by Gasteiger charge is 2.02. The topological polar surface area (TPSA) is 0 Å². The summed E-state index contributed by atoms with van der Waals surface area (Å²) in [5.74, 6) is -0.107. The van der Waals surface area contributed by atoms with Gasteiger partial charge in [-0.25, -0.2) is 4.39 Å².